The first-order valence-corrected chi connectivity index (χ1v) is 16.0. The van der Waals surface area contributed by atoms with E-state index in [9.17, 15) is 19.5 Å². The average Bonchev–Trinajstić information content (AvgIpc) is 3.74. The summed E-state index contributed by atoms with van der Waals surface area (Å²) in [5.74, 6) is -0.293. The van der Waals surface area contributed by atoms with E-state index >= 15 is 0 Å². The zero-order valence-electron chi connectivity index (χ0n) is 27.0. The number of nitrogens with one attached hydrogen (secondary N) is 2. The Kier molecular flexibility index (Phi) is 14.4. The minimum absolute atomic E-state index is 0.0441. The van der Waals surface area contributed by atoms with Crippen molar-refractivity contribution >= 4 is 29.8 Å². The molecule has 0 aliphatic heterocycles. The highest BCUT2D eigenvalue weighted by Gasteiger charge is 2.24. The number of imidazole rings is 1. The van der Waals surface area contributed by atoms with E-state index in [4.69, 9.17) is 36.2 Å². The second-order valence-corrected chi connectivity index (χ2v) is 11.1. The maximum atomic E-state index is 12.6. The molecule has 0 fully saturated rings. The number of aromatic amines is 1. The number of amides is 1. The topological polar surface area (TPSA) is 236 Å². The van der Waals surface area contributed by atoms with E-state index in [-0.39, 0.29) is 25.0 Å². The smallest absolute Gasteiger partial charge is 0.480 e. The summed E-state index contributed by atoms with van der Waals surface area (Å²) in [6.07, 6.45) is 0.787. The minimum Gasteiger partial charge on any atom is -0.480 e. The Morgan fingerprint density at radius 1 is 1.00 bits per heavy atom. The molecule has 268 valence electrons. The van der Waals surface area contributed by atoms with Crippen molar-refractivity contribution < 1.29 is 49.0 Å². The van der Waals surface area contributed by atoms with E-state index < -0.39 is 36.3 Å². The van der Waals surface area contributed by atoms with Gasteiger partial charge in [0.1, 0.15) is 19.0 Å². The zero-order chi connectivity index (χ0) is 35.9. The molecule has 1 amide bonds. The lowest BCUT2D eigenvalue weighted by Gasteiger charge is -2.16. The Morgan fingerprint density at radius 2 is 1.74 bits per heavy atom. The number of halogens is 1. The Hall–Kier alpha value is -5.14. The number of carboxylic acid groups (broad SMARTS) is 1. The van der Waals surface area contributed by atoms with Crippen molar-refractivity contribution in [2.45, 2.75) is 58.2 Å². The lowest BCUT2D eigenvalue weighted by atomic mass is 9.98. The van der Waals surface area contributed by atoms with Gasteiger partial charge in [0.05, 0.1) is 24.3 Å². The van der Waals surface area contributed by atoms with Crippen LogP contribution in [0, 0.1) is 0 Å². The quantitative estimate of drug-likeness (QED) is 0.0514. The molecule has 18 nitrogen and oxygen atoms in total. The second-order valence-electron chi connectivity index (χ2n) is 10.7. The van der Waals surface area contributed by atoms with Crippen LogP contribution in [0.5, 0.6) is 0 Å². The number of carboxylic acids is 1. The van der Waals surface area contributed by atoms with Gasteiger partial charge in [-0.15, -0.1) is 10.2 Å². The molecule has 4 aromatic rings. The fourth-order valence-electron chi connectivity index (χ4n) is 4.72. The number of rotatable bonds is 19. The van der Waals surface area contributed by atoms with Crippen LogP contribution in [-0.2, 0) is 43.4 Å². The maximum absolute atomic E-state index is 12.6. The Morgan fingerprint density at radius 3 is 2.42 bits per heavy atom. The van der Waals surface area contributed by atoms with Crippen molar-refractivity contribution in [3.8, 4) is 22.5 Å². The summed E-state index contributed by atoms with van der Waals surface area (Å²) in [4.78, 5) is 45.1. The Labute approximate surface area is 290 Å². The van der Waals surface area contributed by atoms with Crippen molar-refractivity contribution in [2.24, 2.45) is 0 Å². The van der Waals surface area contributed by atoms with Gasteiger partial charge in [0, 0.05) is 18.5 Å². The van der Waals surface area contributed by atoms with E-state index in [0.717, 1.165) is 35.1 Å². The van der Waals surface area contributed by atoms with Crippen molar-refractivity contribution in [1.29, 1.82) is 0 Å². The van der Waals surface area contributed by atoms with Gasteiger partial charge in [-0.1, -0.05) is 73.5 Å². The lowest BCUT2D eigenvalue weighted by molar-refractivity contribution is -0.492. The summed E-state index contributed by atoms with van der Waals surface area (Å²) in [6.45, 7) is 1.24. The number of aromatic nitrogens is 6. The number of aryl methyl sites for hydroxylation is 1. The van der Waals surface area contributed by atoms with Crippen LogP contribution in [0.4, 0.5) is 9.59 Å². The number of aliphatic carboxylic acids is 1. The molecule has 19 heteroatoms. The van der Waals surface area contributed by atoms with Crippen LogP contribution in [-0.4, -0.2) is 95.2 Å². The van der Waals surface area contributed by atoms with Gasteiger partial charge in [-0.05, 0) is 41.2 Å². The molecule has 0 radical (unpaired) electrons. The van der Waals surface area contributed by atoms with Crippen LogP contribution < -0.4 is 5.32 Å². The Bertz CT molecular complexity index is 1690. The van der Waals surface area contributed by atoms with Crippen LogP contribution in [0.3, 0.4) is 0 Å². The first kappa shape index (κ1) is 37.7. The molecule has 1 atom stereocenters. The first-order valence-electron chi connectivity index (χ1n) is 15.6. The molecule has 2 aromatic carbocycles. The van der Waals surface area contributed by atoms with Gasteiger partial charge < -0.3 is 29.2 Å². The summed E-state index contributed by atoms with van der Waals surface area (Å²) >= 11 is 6.51. The SMILES string of the molecule is CCCCc1nc(Cl)c(COC(=O)NC(COC(=O)OCCCCON(O)O)C(=O)O)n1Cc1ccc(-c2ccccc2-c2nn[nH]n2)cc1. The number of carbonyl (C=O) groups excluding carboxylic acids is 2. The number of benzene rings is 2. The number of hydrogen-bond donors (Lipinski definition) is 5. The largest absolute Gasteiger partial charge is 0.508 e. The number of unbranched alkanes of at least 4 members (excludes halogenated alkanes) is 2. The van der Waals surface area contributed by atoms with Gasteiger partial charge in [0.15, 0.2) is 11.2 Å². The third-order valence-corrected chi connectivity index (χ3v) is 7.54. The molecule has 0 saturated carbocycles. The van der Waals surface area contributed by atoms with Gasteiger partial charge in [-0.25, -0.2) is 19.4 Å². The normalized spacial score (nSPS) is 11.7. The zero-order valence-corrected chi connectivity index (χ0v) is 27.8. The minimum atomic E-state index is -1.63. The Balaban J connectivity index is 1.37. The van der Waals surface area contributed by atoms with Crippen LogP contribution in [0.2, 0.25) is 5.15 Å². The van der Waals surface area contributed by atoms with Gasteiger partial charge in [0.2, 0.25) is 5.82 Å². The fourth-order valence-corrected chi connectivity index (χ4v) is 4.98. The number of hydrogen-bond acceptors (Lipinski definition) is 14. The summed E-state index contributed by atoms with van der Waals surface area (Å²) < 4.78 is 16.8. The van der Waals surface area contributed by atoms with Crippen molar-refractivity contribution in [3.05, 3.63) is 70.8 Å². The molecule has 0 aliphatic rings. The van der Waals surface area contributed by atoms with Crippen LogP contribution in [0.1, 0.15) is 49.7 Å². The number of ether oxygens (including phenoxy) is 3. The number of alkyl carbamates (subject to hydrolysis) is 1. The van der Waals surface area contributed by atoms with E-state index in [1.54, 1.807) is 0 Å². The van der Waals surface area contributed by atoms with E-state index in [2.05, 4.69) is 42.7 Å². The molecule has 2 aromatic heterocycles. The molecule has 2 heterocycles. The molecule has 0 bridgehead atoms. The summed E-state index contributed by atoms with van der Waals surface area (Å²) in [5, 5.41) is 42.6. The lowest BCUT2D eigenvalue weighted by Crippen LogP contribution is -2.44. The maximum Gasteiger partial charge on any atom is 0.508 e. The molecule has 0 spiro atoms. The molecular formula is C31H37ClN8O10. The number of H-pyrrole nitrogens is 1. The molecule has 5 N–H and O–H groups in total. The molecule has 0 aliphatic carbocycles. The van der Waals surface area contributed by atoms with Crippen LogP contribution in [0.15, 0.2) is 48.5 Å². The number of carbonyl (C=O) groups is 3. The van der Waals surface area contributed by atoms with E-state index in [1.807, 2.05) is 53.1 Å². The third kappa shape index (κ3) is 11.2. The highest BCUT2D eigenvalue weighted by molar-refractivity contribution is 6.30. The molecule has 50 heavy (non-hydrogen) atoms. The summed E-state index contributed by atoms with van der Waals surface area (Å²) in [7, 11) is 0. The summed E-state index contributed by atoms with van der Waals surface area (Å²) in [6, 6.07) is 14.0. The molecule has 1 unspecified atom stereocenters. The van der Waals surface area contributed by atoms with Crippen molar-refractivity contribution in [3.63, 3.8) is 0 Å². The third-order valence-electron chi connectivity index (χ3n) is 7.24. The van der Waals surface area contributed by atoms with E-state index in [0.29, 0.717) is 43.1 Å². The molecule has 4 rings (SSSR count). The van der Waals surface area contributed by atoms with Gasteiger partial charge in [0.25, 0.3) is 0 Å². The highest BCUT2D eigenvalue weighted by Crippen LogP contribution is 2.30. The van der Waals surface area contributed by atoms with Crippen LogP contribution >= 0.6 is 11.6 Å². The van der Waals surface area contributed by atoms with Crippen LogP contribution in [0.25, 0.3) is 22.5 Å². The second kappa shape index (κ2) is 19.2. The number of tetrazole rings is 1. The molecular weight excluding hydrogens is 680 g/mol. The monoisotopic (exact) mass is 716 g/mol. The molecule has 0 saturated heterocycles. The predicted octanol–water partition coefficient (Wildman–Crippen LogP) is 4.40. The van der Waals surface area contributed by atoms with Gasteiger partial charge in [-0.3, -0.25) is 15.3 Å². The van der Waals surface area contributed by atoms with Gasteiger partial charge in [-0.2, -0.15) is 5.21 Å². The fraction of sp³-hybridized carbons (Fsp3) is 0.387. The first-order chi connectivity index (χ1) is 24.2. The summed E-state index contributed by atoms with van der Waals surface area (Å²) in [5.41, 5.74) is 4.04. The van der Waals surface area contributed by atoms with Crippen molar-refractivity contribution in [2.75, 3.05) is 19.8 Å². The van der Waals surface area contributed by atoms with Crippen molar-refractivity contribution in [1.82, 2.24) is 40.9 Å². The highest BCUT2D eigenvalue weighted by atomic mass is 35.5. The standard InChI is InChI=1S/C31H37ClN8O10/c1-2-3-10-26-34-27(32)25(19-48-30(43)33-24(29(41)42)18-49-31(44)47-15-6-7-16-50-40(45)46)39(26)17-20-11-13-21(14-12-20)22-8-4-5-9-23(22)28-35-37-38-36-28/h4-5,8-9,11-14,24,45-46H,2-3,6-7,10,15-19H2,1H3,(H,33,43)(H,41,42)(H,35,36,37,38). The van der Waals surface area contributed by atoms with E-state index in [1.165, 1.54) is 0 Å². The number of nitrogens with zero attached hydrogens (tertiary/aromatic N) is 6. The average molecular weight is 717 g/mol. The van der Waals surface area contributed by atoms with Gasteiger partial charge >= 0.3 is 18.2 Å². The predicted molar refractivity (Wildman–Crippen MR) is 173 cm³/mol.